The van der Waals surface area contributed by atoms with Gasteiger partial charge in [-0.3, -0.25) is 9.69 Å². The summed E-state index contributed by atoms with van der Waals surface area (Å²) in [6.45, 7) is 5.44. The van der Waals surface area contributed by atoms with Crippen LogP contribution in [0.25, 0.3) is 0 Å². The quantitative estimate of drug-likeness (QED) is 0.815. The Morgan fingerprint density at radius 2 is 1.81 bits per heavy atom. The van der Waals surface area contributed by atoms with Gasteiger partial charge in [0.1, 0.15) is 0 Å². The number of rotatable bonds is 3. The molecule has 0 radical (unpaired) electrons. The number of alkyl halides is 3. The van der Waals surface area contributed by atoms with Crippen LogP contribution < -0.4 is 4.90 Å². The minimum Gasteiger partial charge on any atom is -0.310 e. The van der Waals surface area contributed by atoms with E-state index in [1.807, 2.05) is 25.1 Å². The van der Waals surface area contributed by atoms with Crippen molar-refractivity contribution in [2.24, 2.45) is 0 Å². The number of carbonyl (C=O) groups is 1. The highest BCUT2D eigenvalue weighted by Gasteiger charge is 2.34. The number of nitrogens with zero attached hydrogens (tertiary/aromatic N) is 2. The number of anilines is 1. The van der Waals surface area contributed by atoms with Crippen LogP contribution in [0, 0.1) is 6.92 Å². The molecular formula is C20H21F3N2O. The molecule has 2 aromatic rings. The summed E-state index contributed by atoms with van der Waals surface area (Å²) in [6.07, 6.45) is -4.42. The third kappa shape index (κ3) is 3.90. The Morgan fingerprint density at radius 1 is 1.08 bits per heavy atom. The maximum absolute atomic E-state index is 12.9. The minimum absolute atomic E-state index is 0.178. The van der Waals surface area contributed by atoms with E-state index < -0.39 is 11.7 Å². The van der Waals surface area contributed by atoms with Crippen molar-refractivity contribution in [3.8, 4) is 0 Å². The second-order valence-corrected chi connectivity index (χ2v) is 6.67. The van der Waals surface area contributed by atoms with Crippen LogP contribution >= 0.6 is 0 Å². The summed E-state index contributed by atoms with van der Waals surface area (Å²) in [4.78, 5) is 16.3. The SMILES string of the molecule is Cc1cccc(CN2CCN(c3cccc(C(F)(F)F)c3)C(=O)[C@@H]2C)c1. The first-order valence-corrected chi connectivity index (χ1v) is 8.54. The molecule has 0 saturated carbocycles. The van der Waals surface area contributed by atoms with Crippen LogP contribution in [-0.4, -0.2) is 29.9 Å². The molecule has 1 aliphatic rings. The van der Waals surface area contributed by atoms with Crippen LogP contribution in [0.4, 0.5) is 18.9 Å². The van der Waals surface area contributed by atoms with E-state index in [4.69, 9.17) is 0 Å². The zero-order valence-corrected chi connectivity index (χ0v) is 14.8. The van der Waals surface area contributed by atoms with Gasteiger partial charge in [0.2, 0.25) is 5.91 Å². The Morgan fingerprint density at radius 3 is 2.50 bits per heavy atom. The number of carbonyl (C=O) groups excluding carboxylic acids is 1. The first-order chi connectivity index (χ1) is 12.3. The van der Waals surface area contributed by atoms with Crippen molar-refractivity contribution >= 4 is 11.6 Å². The van der Waals surface area contributed by atoms with E-state index in [2.05, 4.69) is 11.0 Å². The van der Waals surface area contributed by atoms with Crippen molar-refractivity contribution in [3.63, 3.8) is 0 Å². The fourth-order valence-corrected chi connectivity index (χ4v) is 3.28. The summed E-state index contributed by atoms with van der Waals surface area (Å²) in [6, 6.07) is 12.7. The zero-order valence-electron chi connectivity index (χ0n) is 14.8. The first kappa shape index (κ1) is 18.5. The van der Waals surface area contributed by atoms with E-state index in [0.29, 0.717) is 25.3 Å². The predicted molar refractivity (Wildman–Crippen MR) is 94.8 cm³/mol. The maximum atomic E-state index is 12.9. The predicted octanol–water partition coefficient (Wildman–Crippen LogP) is 4.25. The zero-order chi connectivity index (χ0) is 18.9. The van der Waals surface area contributed by atoms with E-state index in [-0.39, 0.29) is 11.9 Å². The Kier molecular flexibility index (Phi) is 5.05. The van der Waals surface area contributed by atoms with Gasteiger partial charge in [0.05, 0.1) is 11.6 Å². The molecule has 0 N–H and O–H groups in total. The third-order valence-electron chi connectivity index (χ3n) is 4.74. The molecule has 0 aliphatic carbocycles. The highest BCUT2D eigenvalue weighted by atomic mass is 19.4. The van der Waals surface area contributed by atoms with Crippen LogP contribution in [0.3, 0.4) is 0 Å². The Labute approximate surface area is 151 Å². The van der Waals surface area contributed by atoms with Crippen molar-refractivity contribution < 1.29 is 18.0 Å². The minimum atomic E-state index is -4.42. The second-order valence-electron chi connectivity index (χ2n) is 6.67. The van der Waals surface area contributed by atoms with Crippen LogP contribution in [0.2, 0.25) is 0 Å². The molecule has 1 amide bonds. The second kappa shape index (κ2) is 7.11. The molecule has 1 saturated heterocycles. The molecule has 0 spiro atoms. The third-order valence-corrected chi connectivity index (χ3v) is 4.74. The van der Waals surface area contributed by atoms with Gasteiger partial charge in [-0.25, -0.2) is 0 Å². The molecule has 1 heterocycles. The number of halogens is 3. The van der Waals surface area contributed by atoms with Crippen molar-refractivity contribution in [2.45, 2.75) is 32.6 Å². The summed E-state index contributed by atoms with van der Waals surface area (Å²) in [7, 11) is 0. The topological polar surface area (TPSA) is 23.6 Å². The van der Waals surface area contributed by atoms with Gasteiger partial charge in [-0.15, -0.1) is 0 Å². The molecule has 3 rings (SSSR count). The number of benzene rings is 2. The van der Waals surface area contributed by atoms with E-state index in [1.54, 1.807) is 13.0 Å². The molecule has 2 aromatic carbocycles. The van der Waals surface area contributed by atoms with E-state index in [1.165, 1.54) is 11.0 Å². The van der Waals surface area contributed by atoms with Gasteiger partial charge in [-0.1, -0.05) is 35.9 Å². The number of piperazine rings is 1. The van der Waals surface area contributed by atoms with Crippen molar-refractivity contribution in [3.05, 3.63) is 65.2 Å². The summed E-state index contributed by atoms with van der Waals surface area (Å²) in [5.74, 6) is -0.178. The summed E-state index contributed by atoms with van der Waals surface area (Å²) in [5, 5.41) is 0. The fourth-order valence-electron chi connectivity index (χ4n) is 3.28. The lowest BCUT2D eigenvalue weighted by Crippen LogP contribution is -2.55. The summed E-state index contributed by atoms with van der Waals surface area (Å²) < 4.78 is 38.8. The van der Waals surface area contributed by atoms with Crippen LogP contribution in [0.5, 0.6) is 0 Å². The lowest BCUT2D eigenvalue weighted by Gasteiger charge is -2.39. The number of hydrogen-bond donors (Lipinski definition) is 0. The van der Waals surface area contributed by atoms with Crippen LogP contribution in [0.1, 0.15) is 23.6 Å². The molecule has 1 fully saturated rings. The molecule has 138 valence electrons. The molecule has 1 aliphatic heterocycles. The molecule has 3 nitrogen and oxygen atoms in total. The number of hydrogen-bond acceptors (Lipinski definition) is 2. The Hall–Kier alpha value is -2.34. The number of aryl methyl sites for hydroxylation is 1. The standard InChI is InChI=1S/C20H21F3N2O/c1-14-5-3-6-16(11-14)13-24-9-10-25(19(26)15(24)2)18-8-4-7-17(12-18)20(21,22)23/h3-8,11-12,15H,9-10,13H2,1-2H3/t15-/m0/s1. The lowest BCUT2D eigenvalue weighted by molar-refractivity contribution is -0.137. The molecule has 0 unspecified atom stereocenters. The van der Waals surface area contributed by atoms with Crippen LogP contribution in [0.15, 0.2) is 48.5 Å². The average Bonchev–Trinajstić information content (AvgIpc) is 2.59. The highest BCUT2D eigenvalue weighted by molar-refractivity contribution is 5.97. The van der Waals surface area contributed by atoms with Crippen molar-refractivity contribution in [1.29, 1.82) is 0 Å². The van der Waals surface area contributed by atoms with Gasteiger partial charge >= 0.3 is 6.18 Å². The first-order valence-electron chi connectivity index (χ1n) is 8.54. The highest BCUT2D eigenvalue weighted by Crippen LogP contribution is 2.32. The van der Waals surface area contributed by atoms with Crippen LogP contribution in [-0.2, 0) is 17.5 Å². The fraction of sp³-hybridized carbons (Fsp3) is 0.350. The molecule has 1 atom stereocenters. The van der Waals surface area contributed by atoms with E-state index in [9.17, 15) is 18.0 Å². The maximum Gasteiger partial charge on any atom is 0.416 e. The lowest BCUT2D eigenvalue weighted by atomic mass is 10.1. The van der Waals surface area contributed by atoms with Gasteiger partial charge in [-0.2, -0.15) is 13.2 Å². The number of amides is 1. The van der Waals surface area contributed by atoms with Gasteiger partial charge in [-0.05, 0) is 37.6 Å². The molecular weight excluding hydrogens is 341 g/mol. The van der Waals surface area contributed by atoms with E-state index in [0.717, 1.165) is 23.3 Å². The van der Waals surface area contributed by atoms with Gasteiger partial charge in [0, 0.05) is 25.3 Å². The molecule has 0 bridgehead atoms. The molecule has 26 heavy (non-hydrogen) atoms. The Balaban J connectivity index is 1.76. The van der Waals surface area contributed by atoms with Gasteiger partial charge < -0.3 is 4.90 Å². The normalized spacial score (nSPS) is 19.0. The monoisotopic (exact) mass is 362 g/mol. The molecule has 6 heteroatoms. The van der Waals surface area contributed by atoms with Gasteiger partial charge in [0.25, 0.3) is 0 Å². The molecule has 0 aromatic heterocycles. The van der Waals surface area contributed by atoms with Gasteiger partial charge in [0.15, 0.2) is 0 Å². The van der Waals surface area contributed by atoms with Crippen molar-refractivity contribution in [1.82, 2.24) is 4.90 Å². The average molecular weight is 362 g/mol. The van der Waals surface area contributed by atoms with E-state index >= 15 is 0 Å². The summed E-state index contributed by atoms with van der Waals surface area (Å²) in [5.41, 5.74) is 1.84. The van der Waals surface area contributed by atoms with Crippen molar-refractivity contribution in [2.75, 3.05) is 18.0 Å². The smallest absolute Gasteiger partial charge is 0.310 e. The Bertz CT molecular complexity index is 804. The largest absolute Gasteiger partial charge is 0.416 e. The summed E-state index contributed by atoms with van der Waals surface area (Å²) >= 11 is 0.